The van der Waals surface area contributed by atoms with Crippen LogP contribution in [0.1, 0.15) is 23.6 Å². The molecule has 0 saturated carbocycles. The number of rotatable bonds is 8. The fourth-order valence-electron chi connectivity index (χ4n) is 4.44. The summed E-state index contributed by atoms with van der Waals surface area (Å²) in [4.78, 5) is 0. The largest absolute Gasteiger partial charge is 0.391 e. The standard InChI is InChI=1S/C27H29FO4/c1-20(29)24-25(30)26(17-21-11-5-2-6-12-21,31-19-23-15-9-4-10-16-23)27(28,32-24)18-22-13-7-3-8-14-22/h2-16,20,24-25,29-30H,17-19H2,1H3/t20-,24+,25+,26-,27?/m1/s1. The topological polar surface area (TPSA) is 58.9 Å². The van der Waals surface area contributed by atoms with E-state index in [4.69, 9.17) is 9.47 Å². The summed E-state index contributed by atoms with van der Waals surface area (Å²) >= 11 is 0. The van der Waals surface area contributed by atoms with Gasteiger partial charge in [-0.05, 0) is 23.6 Å². The fraction of sp³-hybridized carbons (Fsp3) is 0.333. The van der Waals surface area contributed by atoms with Crippen molar-refractivity contribution in [1.82, 2.24) is 0 Å². The summed E-state index contributed by atoms with van der Waals surface area (Å²) in [6.45, 7) is 1.59. The molecule has 5 heteroatoms. The summed E-state index contributed by atoms with van der Waals surface area (Å²) in [5.41, 5.74) is 0.662. The number of aliphatic hydroxyl groups is 2. The van der Waals surface area contributed by atoms with Crippen molar-refractivity contribution >= 4 is 0 Å². The third kappa shape index (κ3) is 4.48. The third-order valence-corrected chi connectivity index (χ3v) is 6.14. The molecule has 0 spiro atoms. The Bertz CT molecular complexity index is 982. The maximum Gasteiger partial charge on any atom is 0.246 e. The van der Waals surface area contributed by atoms with Gasteiger partial charge in [-0.15, -0.1) is 0 Å². The maximum atomic E-state index is 16.9. The quantitative estimate of drug-likeness (QED) is 0.555. The van der Waals surface area contributed by atoms with Crippen LogP contribution in [0.3, 0.4) is 0 Å². The van der Waals surface area contributed by atoms with E-state index in [0.29, 0.717) is 5.56 Å². The summed E-state index contributed by atoms with van der Waals surface area (Å²) in [7, 11) is 0. The Labute approximate surface area is 188 Å². The Kier molecular flexibility index (Phi) is 6.72. The highest BCUT2D eigenvalue weighted by atomic mass is 19.2. The second kappa shape index (κ2) is 9.51. The molecule has 32 heavy (non-hydrogen) atoms. The first kappa shape index (κ1) is 22.6. The van der Waals surface area contributed by atoms with E-state index in [1.165, 1.54) is 6.92 Å². The highest BCUT2D eigenvalue weighted by Crippen LogP contribution is 2.49. The minimum absolute atomic E-state index is 0.0917. The first-order valence-electron chi connectivity index (χ1n) is 10.9. The average molecular weight is 437 g/mol. The van der Waals surface area contributed by atoms with Crippen molar-refractivity contribution in [2.45, 2.75) is 56.1 Å². The number of benzene rings is 3. The van der Waals surface area contributed by atoms with Crippen molar-refractivity contribution < 1.29 is 24.1 Å². The van der Waals surface area contributed by atoms with Crippen molar-refractivity contribution in [3.05, 3.63) is 108 Å². The highest BCUT2D eigenvalue weighted by Gasteiger charge is 2.68. The van der Waals surface area contributed by atoms with Crippen LogP contribution < -0.4 is 0 Å². The average Bonchev–Trinajstić information content (AvgIpc) is 3.02. The molecule has 0 amide bonds. The molecule has 1 fully saturated rings. The molecule has 1 aliphatic heterocycles. The Morgan fingerprint density at radius 3 is 1.81 bits per heavy atom. The van der Waals surface area contributed by atoms with E-state index in [1.54, 1.807) is 0 Å². The van der Waals surface area contributed by atoms with Crippen LogP contribution in [0.5, 0.6) is 0 Å². The lowest BCUT2D eigenvalue weighted by Crippen LogP contribution is -2.59. The summed E-state index contributed by atoms with van der Waals surface area (Å²) < 4.78 is 29.1. The van der Waals surface area contributed by atoms with Crippen LogP contribution in [-0.4, -0.2) is 40.0 Å². The maximum absolute atomic E-state index is 16.9. The van der Waals surface area contributed by atoms with Gasteiger partial charge < -0.3 is 19.7 Å². The molecule has 3 aromatic carbocycles. The lowest BCUT2D eigenvalue weighted by atomic mass is 9.79. The van der Waals surface area contributed by atoms with Crippen LogP contribution in [0.4, 0.5) is 4.39 Å². The molecule has 168 valence electrons. The zero-order chi connectivity index (χ0) is 22.6. The highest BCUT2D eigenvalue weighted by molar-refractivity contribution is 5.26. The molecule has 4 rings (SSSR count). The molecule has 1 saturated heterocycles. The molecule has 0 bridgehead atoms. The van der Waals surface area contributed by atoms with E-state index in [1.807, 2.05) is 91.0 Å². The van der Waals surface area contributed by atoms with Crippen molar-refractivity contribution in [2.24, 2.45) is 0 Å². The van der Waals surface area contributed by atoms with E-state index in [9.17, 15) is 10.2 Å². The third-order valence-electron chi connectivity index (χ3n) is 6.14. The van der Waals surface area contributed by atoms with Crippen molar-refractivity contribution in [3.8, 4) is 0 Å². The van der Waals surface area contributed by atoms with Gasteiger partial charge >= 0.3 is 0 Å². The van der Waals surface area contributed by atoms with Crippen LogP contribution in [0.25, 0.3) is 0 Å². The molecule has 1 heterocycles. The lowest BCUT2D eigenvalue weighted by Gasteiger charge is -2.40. The SMILES string of the molecule is C[C@@H](O)[C@@H]1OC(F)(Cc2ccccc2)[C@](Cc2ccccc2)(OCc2ccccc2)[C@H]1O. The lowest BCUT2D eigenvalue weighted by molar-refractivity contribution is -0.246. The minimum Gasteiger partial charge on any atom is -0.391 e. The predicted octanol–water partition coefficient (Wildman–Crippen LogP) is 4.23. The van der Waals surface area contributed by atoms with Crippen LogP contribution in [0.2, 0.25) is 0 Å². The van der Waals surface area contributed by atoms with Gasteiger partial charge in [-0.2, -0.15) is 0 Å². The Hall–Kier alpha value is -2.57. The molecule has 1 aliphatic rings. The van der Waals surface area contributed by atoms with E-state index in [-0.39, 0.29) is 19.4 Å². The van der Waals surface area contributed by atoms with Gasteiger partial charge in [0.25, 0.3) is 0 Å². The fourth-order valence-corrected chi connectivity index (χ4v) is 4.44. The van der Waals surface area contributed by atoms with E-state index in [0.717, 1.165) is 11.1 Å². The zero-order valence-corrected chi connectivity index (χ0v) is 18.1. The van der Waals surface area contributed by atoms with Crippen molar-refractivity contribution in [3.63, 3.8) is 0 Å². The van der Waals surface area contributed by atoms with Crippen LogP contribution in [0, 0.1) is 0 Å². The number of ether oxygens (including phenoxy) is 2. The van der Waals surface area contributed by atoms with Gasteiger partial charge in [0.05, 0.1) is 12.7 Å². The molecular weight excluding hydrogens is 407 g/mol. The molecule has 4 nitrogen and oxygen atoms in total. The van der Waals surface area contributed by atoms with Gasteiger partial charge in [0.1, 0.15) is 12.2 Å². The second-order valence-electron chi connectivity index (χ2n) is 8.48. The normalized spacial score (nSPS) is 28.5. The Balaban J connectivity index is 1.77. The molecule has 1 unspecified atom stereocenters. The Morgan fingerprint density at radius 2 is 1.31 bits per heavy atom. The number of halogens is 1. The van der Waals surface area contributed by atoms with E-state index in [2.05, 4.69) is 0 Å². The predicted molar refractivity (Wildman–Crippen MR) is 121 cm³/mol. The first-order valence-corrected chi connectivity index (χ1v) is 10.9. The van der Waals surface area contributed by atoms with Gasteiger partial charge in [0.15, 0.2) is 5.60 Å². The Morgan fingerprint density at radius 1 is 0.844 bits per heavy atom. The van der Waals surface area contributed by atoms with Crippen molar-refractivity contribution in [1.29, 1.82) is 0 Å². The van der Waals surface area contributed by atoms with Crippen LogP contribution >= 0.6 is 0 Å². The van der Waals surface area contributed by atoms with Gasteiger partial charge in [-0.1, -0.05) is 91.0 Å². The number of aliphatic hydroxyl groups excluding tert-OH is 2. The molecule has 0 aliphatic carbocycles. The van der Waals surface area contributed by atoms with Gasteiger partial charge in [-0.3, -0.25) is 0 Å². The zero-order valence-electron chi connectivity index (χ0n) is 18.1. The molecule has 0 radical (unpaired) electrons. The summed E-state index contributed by atoms with van der Waals surface area (Å²) in [6, 6.07) is 28.0. The second-order valence-corrected chi connectivity index (χ2v) is 8.48. The number of hydrogen-bond acceptors (Lipinski definition) is 4. The number of hydrogen-bond donors (Lipinski definition) is 2. The summed E-state index contributed by atoms with van der Waals surface area (Å²) in [6.07, 6.45) is -3.60. The molecular formula is C27H29FO4. The molecule has 2 N–H and O–H groups in total. The summed E-state index contributed by atoms with van der Waals surface area (Å²) in [5.74, 6) is -2.36. The van der Waals surface area contributed by atoms with Gasteiger partial charge in [0, 0.05) is 12.8 Å². The van der Waals surface area contributed by atoms with Gasteiger partial charge in [0.2, 0.25) is 5.85 Å². The van der Waals surface area contributed by atoms with Crippen LogP contribution in [-0.2, 0) is 28.9 Å². The first-order chi connectivity index (χ1) is 15.4. The van der Waals surface area contributed by atoms with Crippen molar-refractivity contribution in [2.75, 3.05) is 0 Å². The monoisotopic (exact) mass is 436 g/mol. The minimum atomic E-state index is -2.36. The van der Waals surface area contributed by atoms with E-state index >= 15 is 4.39 Å². The molecule has 5 atom stereocenters. The molecule has 3 aromatic rings. The van der Waals surface area contributed by atoms with Crippen LogP contribution in [0.15, 0.2) is 91.0 Å². The smallest absolute Gasteiger partial charge is 0.246 e. The summed E-state index contributed by atoms with van der Waals surface area (Å²) in [5, 5.41) is 21.7. The van der Waals surface area contributed by atoms with E-state index < -0.39 is 29.8 Å². The van der Waals surface area contributed by atoms with Gasteiger partial charge in [-0.25, -0.2) is 4.39 Å². The molecule has 0 aromatic heterocycles. The number of alkyl halides is 1.